The third-order valence-corrected chi connectivity index (χ3v) is 4.36. The Morgan fingerprint density at radius 3 is 2.73 bits per heavy atom. The van der Waals surface area contributed by atoms with Crippen LogP contribution in [0.15, 0.2) is 40.0 Å². The van der Waals surface area contributed by atoms with Gasteiger partial charge in [-0.05, 0) is 12.1 Å². The van der Waals surface area contributed by atoms with Gasteiger partial charge < -0.3 is 14.3 Å². The molecule has 1 aromatic carbocycles. The van der Waals surface area contributed by atoms with Crippen LogP contribution in [-0.2, 0) is 4.74 Å². The highest BCUT2D eigenvalue weighted by Gasteiger charge is 2.16. The SMILES string of the molecule is O[C@@H](CSc1nnc(-c2ccccc2)o1)CN1CCOCC1. The molecule has 118 valence electrons. The molecule has 0 amide bonds. The van der Waals surface area contributed by atoms with Crippen LogP contribution >= 0.6 is 11.8 Å². The number of ether oxygens (including phenoxy) is 1. The minimum absolute atomic E-state index is 0.421. The van der Waals surface area contributed by atoms with Crippen molar-refractivity contribution in [3.63, 3.8) is 0 Å². The zero-order valence-corrected chi connectivity index (χ0v) is 13.0. The van der Waals surface area contributed by atoms with Gasteiger partial charge in [-0.25, -0.2) is 0 Å². The van der Waals surface area contributed by atoms with Crippen LogP contribution in [0.1, 0.15) is 0 Å². The van der Waals surface area contributed by atoms with E-state index >= 15 is 0 Å². The van der Waals surface area contributed by atoms with Gasteiger partial charge in [0, 0.05) is 31.0 Å². The van der Waals surface area contributed by atoms with Crippen LogP contribution in [0.5, 0.6) is 0 Å². The van der Waals surface area contributed by atoms with E-state index in [4.69, 9.17) is 9.15 Å². The lowest BCUT2D eigenvalue weighted by Crippen LogP contribution is -2.41. The van der Waals surface area contributed by atoms with Crippen molar-refractivity contribution in [1.29, 1.82) is 0 Å². The van der Waals surface area contributed by atoms with Gasteiger partial charge in [0.1, 0.15) is 0 Å². The number of rotatable bonds is 6. The predicted octanol–water partition coefficient (Wildman–Crippen LogP) is 1.52. The molecular formula is C15H19N3O3S. The summed E-state index contributed by atoms with van der Waals surface area (Å²) in [6, 6.07) is 9.65. The van der Waals surface area contributed by atoms with Crippen LogP contribution in [0.25, 0.3) is 11.5 Å². The van der Waals surface area contributed by atoms with Crippen molar-refractivity contribution < 1.29 is 14.3 Å². The molecule has 0 aliphatic carbocycles. The van der Waals surface area contributed by atoms with Gasteiger partial charge in [0.2, 0.25) is 5.89 Å². The minimum Gasteiger partial charge on any atom is -0.411 e. The van der Waals surface area contributed by atoms with E-state index in [1.807, 2.05) is 30.3 Å². The molecule has 0 radical (unpaired) electrons. The second-order valence-electron chi connectivity index (χ2n) is 5.12. The van der Waals surface area contributed by atoms with Crippen LogP contribution in [0, 0.1) is 0 Å². The molecule has 0 bridgehead atoms. The van der Waals surface area contributed by atoms with E-state index < -0.39 is 6.10 Å². The first-order valence-electron chi connectivity index (χ1n) is 7.31. The molecule has 0 unspecified atom stereocenters. The van der Waals surface area contributed by atoms with E-state index in [2.05, 4.69) is 15.1 Å². The molecule has 22 heavy (non-hydrogen) atoms. The summed E-state index contributed by atoms with van der Waals surface area (Å²) in [5.41, 5.74) is 0.899. The average Bonchev–Trinajstić information content (AvgIpc) is 3.04. The molecule has 1 atom stereocenters. The summed E-state index contributed by atoms with van der Waals surface area (Å²) < 4.78 is 10.9. The van der Waals surface area contributed by atoms with Gasteiger partial charge in [-0.3, -0.25) is 4.90 Å². The lowest BCUT2D eigenvalue weighted by atomic mass is 10.2. The van der Waals surface area contributed by atoms with Gasteiger partial charge in [0.15, 0.2) is 0 Å². The zero-order chi connectivity index (χ0) is 15.2. The average molecular weight is 321 g/mol. The number of aliphatic hydroxyl groups excluding tert-OH is 1. The molecule has 0 spiro atoms. The lowest BCUT2D eigenvalue weighted by Gasteiger charge is -2.28. The number of hydrogen-bond donors (Lipinski definition) is 1. The maximum Gasteiger partial charge on any atom is 0.276 e. The van der Waals surface area contributed by atoms with Gasteiger partial charge in [-0.1, -0.05) is 30.0 Å². The first kappa shape index (κ1) is 15.5. The number of nitrogens with zero attached hydrogens (tertiary/aromatic N) is 3. The van der Waals surface area contributed by atoms with Gasteiger partial charge in [-0.15, -0.1) is 10.2 Å². The second kappa shape index (κ2) is 7.73. The van der Waals surface area contributed by atoms with E-state index in [1.54, 1.807) is 0 Å². The highest BCUT2D eigenvalue weighted by molar-refractivity contribution is 7.99. The van der Waals surface area contributed by atoms with Crippen molar-refractivity contribution in [2.24, 2.45) is 0 Å². The minimum atomic E-state index is -0.421. The van der Waals surface area contributed by atoms with Gasteiger partial charge in [0.25, 0.3) is 5.22 Å². The topological polar surface area (TPSA) is 71.6 Å². The number of β-amino-alcohol motifs (C(OH)–C–C–N with tert-alkyl or cyclic N) is 1. The largest absolute Gasteiger partial charge is 0.411 e. The smallest absolute Gasteiger partial charge is 0.276 e. The van der Waals surface area contributed by atoms with Crippen molar-refractivity contribution >= 4 is 11.8 Å². The molecule has 2 heterocycles. The molecule has 1 aliphatic rings. The predicted molar refractivity (Wildman–Crippen MR) is 83.7 cm³/mol. The van der Waals surface area contributed by atoms with Crippen LogP contribution in [0.2, 0.25) is 0 Å². The van der Waals surface area contributed by atoms with Crippen LogP contribution in [0.3, 0.4) is 0 Å². The van der Waals surface area contributed by atoms with E-state index in [-0.39, 0.29) is 0 Å². The highest BCUT2D eigenvalue weighted by atomic mass is 32.2. The summed E-state index contributed by atoms with van der Waals surface area (Å²) in [7, 11) is 0. The van der Waals surface area contributed by atoms with Crippen molar-refractivity contribution in [2.45, 2.75) is 11.3 Å². The van der Waals surface area contributed by atoms with Crippen molar-refractivity contribution in [1.82, 2.24) is 15.1 Å². The Kier molecular flexibility index (Phi) is 5.44. The fourth-order valence-corrected chi connectivity index (χ4v) is 2.94. The molecule has 2 aromatic rings. The number of aromatic nitrogens is 2. The summed E-state index contributed by atoms with van der Waals surface area (Å²) in [6.07, 6.45) is -0.421. The van der Waals surface area contributed by atoms with E-state index in [0.29, 0.717) is 23.4 Å². The summed E-state index contributed by atoms with van der Waals surface area (Å²) >= 11 is 1.38. The Hall–Kier alpha value is -1.41. The Bertz CT molecular complexity index is 572. The van der Waals surface area contributed by atoms with Gasteiger partial charge >= 0.3 is 0 Å². The first-order valence-corrected chi connectivity index (χ1v) is 8.30. The third-order valence-electron chi connectivity index (χ3n) is 3.40. The van der Waals surface area contributed by atoms with Crippen LogP contribution in [0.4, 0.5) is 0 Å². The molecule has 1 N–H and O–H groups in total. The van der Waals surface area contributed by atoms with Crippen LogP contribution < -0.4 is 0 Å². The molecular weight excluding hydrogens is 302 g/mol. The summed E-state index contributed by atoms with van der Waals surface area (Å²) in [5.74, 6) is 1.04. The Labute approximate surface area is 133 Å². The molecule has 7 heteroatoms. The normalized spacial score (nSPS) is 17.5. The molecule has 0 saturated carbocycles. The van der Waals surface area contributed by atoms with Crippen molar-refractivity contribution in [3.05, 3.63) is 30.3 Å². The molecule has 3 rings (SSSR count). The Balaban J connectivity index is 1.48. The Morgan fingerprint density at radius 1 is 1.18 bits per heavy atom. The van der Waals surface area contributed by atoms with Gasteiger partial charge in [0.05, 0.1) is 19.3 Å². The van der Waals surface area contributed by atoms with E-state index in [0.717, 1.165) is 31.9 Å². The molecule has 6 nitrogen and oxygen atoms in total. The maximum absolute atomic E-state index is 10.1. The van der Waals surface area contributed by atoms with E-state index in [9.17, 15) is 5.11 Å². The number of hydrogen-bond acceptors (Lipinski definition) is 7. The van der Waals surface area contributed by atoms with Crippen molar-refractivity contribution in [3.8, 4) is 11.5 Å². The first-order chi connectivity index (χ1) is 10.8. The fraction of sp³-hybridized carbons (Fsp3) is 0.467. The second-order valence-corrected chi connectivity index (χ2v) is 6.09. The Morgan fingerprint density at radius 2 is 1.95 bits per heavy atom. The van der Waals surface area contributed by atoms with Gasteiger partial charge in [-0.2, -0.15) is 0 Å². The summed E-state index contributed by atoms with van der Waals surface area (Å²) in [4.78, 5) is 2.21. The molecule has 1 fully saturated rings. The number of aliphatic hydroxyl groups is 1. The third kappa shape index (κ3) is 4.30. The molecule has 1 aliphatic heterocycles. The lowest BCUT2D eigenvalue weighted by molar-refractivity contribution is 0.0188. The summed E-state index contributed by atoms with van der Waals surface area (Å²) in [5, 5.41) is 18.6. The molecule has 1 aromatic heterocycles. The number of thioether (sulfide) groups is 1. The number of morpholine rings is 1. The zero-order valence-electron chi connectivity index (χ0n) is 12.2. The maximum atomic E-state index is 10.1. The fourth-order valence-electron chi connectivity index (χ4n) is 2.27. The number of benzene rings is 1. The highest BCUT2D eigenvalue weighted by Crippen LogP contribution is 2.23. The quantitative estimate of drug-likeness (QED) is 0.809. The van der Waals surface area contributed by atoms with E-state index in [1.165, 1.54) is 11.8 Å². The van der Waals surface area contributed by atoms with Crippen LogP contribution in [-0.4, -0.2) is 64.9 Å². The summed E-state index contributed by atoms with van der Waals surface area (Å²) in [6.45, 7) is 3.88. The molecule has 1 saturated heterocycles. The standard InChI is InChI=1S/C15H19N3O3S/c19-13(10-18-6-8-20-9-7-18)11-22-15-17-16-14(21-15)12-4-2-1-3-5-12/h1-5,13,19H,6-11H2/t13-/m1/s1. The monoisotopic (exact) mass is 321 g/mol. The van der Waals surface area contributed by atoms with Crippen molar-refractivity contribution in [2.75, 3.05) is 38.6 Å².